The number of carbonyl (C=O) groups is 1. The number of nitrogen functional groups attached to an aromatic ring is 1. The van der Waals surface area contributed by atoms with E-state index in [0.29, 0.717) is 16.4 Å². The zero-order chi connectivity index (χ0) is 15.4. The van der Waals surface area contributed by atoms with Crippen molar-refractivity contribution in [2.24, 2.45) is 0 Å². The SMILES string of the molecule is Cc1cnn(CCC(=O)Nc2cc(Cl)ccc2N)c(=O)c1. The number of nitrogens with two attached hydrogens (primary N) is 1. The van der Waals surface area contributed by atoms with Crippen LogP contribution in [0.15, 0.2) is 35.3 Å². The summed E-state index contributed by atoms with van der Waals surface area (Å²) in [6.45, 7) is 1.98. The van der Waals surface area contributed by atoms with E-state index in [1.165, 1.54) is 10.7 Å². The van der Waals surface area contributed by atoms with Gasteiger partial charge < -0.3 is 11.1 Å². The molecular weight excluding hydrogens is 292 g/mol. The van der Waals surface area contributed by atoms with Crippen LogP contribution in [0.5, 0.6) is 0 Å². The normalized spacial score (nSPS) is 10.4. The Morgan fingerprint density at radius 2 is 2.19 bits per heavy atom. The van der Waals surface area contributed by atoms with Gasteiger partial charge in [-0.2, -0.15) is 5.10 Å². The number of aromatic nitrogens is 2. The molecule has 0 unspecified atom stereocenters. The van der Waals surface area contributed by atoms with Crippen molar-refractivity contribution in [3.8, 4) is 0 Å². The fraction of sp³-hybridized carbons (Fsp3) is 0.214. The number of nitrogens with zero attached hydrogens (tertiary/aromatic N) is 2. The number of hydrogen-bond acceptors (Lipinski definition) is 4. The molecule has 0 saturated carbocycles. The van der Waals surface area contributed by atoms with E-state index in [4.69, 9.17) is 17.3 Å². The van der Waals surface area contributed by atoms with Crippen molar-refractivity contribution in [2.45, 2.75) is 19.9 Å². The van der Waals surface area contributed by atoms with Crippen LogP contribution in [0.2, 0.25) is 5.02 Å². The third-order valence-electron chi connectivity index (χ3n) is 2.85. The molecule has 7 heteroatoms. The monoisotopic (exact) mass is 306 g/mol. The van der Waals surface area contributed by atoms with Crippen molar-refractivity contribution in [1.29, 1.82) is 0 Å². The highest BCUT2D eigenvalue weighted by molar-refractivity contribution is 6.31. The van der Waals surface area contributed by atoms with Gasteiger partial charge >= 0.3 is 0 Å². The Balaban J connectivity index is 1.99. The highest BCUT2D eigenvalue weighted by Crippen LogP contribution is 2.22. The maximum atomic E-state index is 11.9. The zero-order valence-electron chi connectivity index (χ0n) is 11.5. The Morgan fingerprint density at radius 1 is 1.43 bits per heavy atom. The lowest BCUT2D eigenvalue weighted by atomic mass is 10.2. The molecule has 1 aromatic carbocycles. The van der Waals surface area contributed by atoms with Gasteiger partial charge in [0.2, 0.25) is 5.91 Å². The Morgan fingerprint density at radius 3 is 2.90 bits per heavy atom. The molecule has 1 aromatic heterocycles. The van der Waals surface area contributed by atoms with Crippen LogP contribution in [0.3, 0.4) is 0 Å². The second-order valence-corrected chi connectivity index (χ2v) is 5.06. The predicted molar refractivity (Wildman–Crippen MR) is 82.3 cm³/mol. The van der Waals surface area contributed by atoms with Gasteiger partial charge in [-0.1, -0.05) is 11.6 Å². The van der Waals surface area contributed by atoms with Crippen LogP contribution in [0, 0.1) is 6.92 Å². The summed E-state index contributed by atoms with van der Waals surface area (Å²) in [5.41, 5.74) is 7.18. The molecule has 0 bridgehead atoms. The number of anilines is 2. The summed E-state index contributed by atoms with van der Waals surface area (Å²) >= 11 is 5.85. The molecule has 0 atom stereocenters. The number of carbonyl (C=O) groups excluding carboxylic acids is 1. The van der Waals surface area contributed by atoms with Crippen molar-refractivity contribution in [3.05, 3.63) is 51.4 Å². The smallest absolute Gasteiger partial charge is 0.266 e. The molecule has 3 N–H and O–H groups in total. The first-order valence-corrected chi connectivity index (χ1v) is 6.72. The molecule has 0 fully saturated rings. The molecular formula is C14H15ClN4O2. The Bertz CT molecular complexity index is 727. The lowest BCUT2D eigenvalue weighted by Crippen LogP contribution is -2.25. The summed E-state index contributed by atoms with van der Waals surface area (Å²) in [7, 11) is 0. The van der Waals surface area contributed by atoms with Gasteiger partial charge in [0, 0.05) is 17.5 Å². The Hall–Kier alpha value is -2.34. The number of rotatable bonds is 4. The van der Waals surface area contributed by atoms with Gasteiger partial charge in [-0.3, -0.25) is 9.59 Å². The third-order valence-corrected chi connectivity index (χ3v) is 3.08. The molecule has 1 heterocycles. The van der Waals surface area contributed by atoms with Gasteiger partial charge in [0.25, 0.3) is 5.56 Å². The first kappa shape index (κ1) is 15.1. The summed E-state index contributed by atoms with van der Waals surface area (Å²) in [5.74, 6) is -0.266. The lowest BCUT2D eigenvalue weighted by Gasteiger charge is -2.09. The average molecular weight is 307 g/mol. The second kappa shape index (κ2) is 6.41. The largest absolute Gasteiger partial charge is 0.397 e. The van der Waals surface area contributed by atoms with Gasteiger partial charge in [0.05, 0.1) is 24.1 Å². The first-order valence-electron chi connectivity index (χ1n) is 6.34. The predicted octanol–water partition coefficient (Wildman–Crippen LogP) is 1.82. The van der Waals surface area contributed by atoms with E-state index in [0.717, 1.165) is 5.56 Å². The highest BCUT2D eigenvalue weighted by atomic mass is 35.5. The minimum Gasteiger partial charge on any atom is -0.397 e. The second-order valence-electron chi connectivity index (χ2n) is 4.62. The average Bonchev–Trinajstić information content (AvgIpc) is 2.42. The molecule has 0 aliphatic rings. The summed E-state index contributed by atoms with van der Waals surface area (Å²) < 4.78 is 1.24. The summed E-state index contributed by atoms with van der Waals surface area (Å²) in [6, 6.07) is 6.30. The lowest BCUT2D eigenvalue weighted by molar-refractivity contribution is -0.116. The van der Waals surface area contributed by atoms with Crippen molar-refractivity contribution in [1.82, 2.24) is 9.78 Å². The van der Waals surface area contributed by atoms with E-state index < -0.39 is 0 Å². The number of amides is 1. The van der Waals surface area contributed by atoms with E-state index >= 15 is 0 Å². The quantitative estimate of drug-likeness (QED) is 0.843. The molecule has 0 radical (unpaired) electrons. The number of nitrogens with one attached hydrogen (secondary N) is 1. The van der Waals surface area contributed by atoms with Gasteiger partial charge in [-0.05, 0) is 30.7 Å². The summed E-state index contributed by atoms with van der Waals surface area (Å²) in [4.78, 5) is 23.5. The first-order chi connectivity index (χ1) is 9.95. The van der Waals surface area contributed by atoms with Crippen LogP contribution < -0.4 is 16.6 Å². The third kappa shape index (κ3) is 4.06. The van der Waals surface area contributed by atoms with Gasteiger partial charge in [0.15, 0.2) is 0 Å². The van der Waals surface area contributed by atoms with Gasteiger partial charge in [0.1, 0.15) is 0 Å². The molecule has 21 heavy (non-hydrogen) atoms. The van der Waals surface area contributed by atoms with E-state index in [-0.39, 0.29) is 24.4 Å². The minimum absolute atomic E-state index is 0.113. The molecule has 2 aromatic rings. The van der Waals surface area contributed by atoms with Crippen molar-refractivity contribution in [3.63, 3.8) is 0 Å². The van der Waals surface area contributed by atoms with Crippen molar-refractivity contribution in [2.75, 3.05) is 11.1 Å². The molecule has 2 rings (SSSR count). The zero-order valence-corrected chi connectivity index (χ0v) is 12.2. The van der Waals surface area contributed by atoms with Crippen molar-refractivity contribution < 1.29 is 4.79 Å². The van der Waals surface area contributed by atoms with Crippen LogP contribution in [0.4, 0.5) is 11.4 Å². The fourth-order valence-electron chi connectivity index (χ4n) is 1.75. The number of aryl methyl sites for hydroxylation is 2. The molecule has 110 valence electrons. The van der Waals surface area contributed by atoms with E-state index in [9.17, 15) is 9.59 Å². The highest BCUT2D eigenvalue weighted by Gasteiger charge is 2.07. The molecule has 6 nitrogen and oxygen atoms in total. The minimum atomic E-state index is -0.266. The van der Waals surface area contributed by atoms with Crippen LogP contribution in [-0.4, -0.2) is 15.7 Å². The summed E-state index contributed by atoms with van der Waals surface area (Å²) in [5, 5.41) is 7.11. The van der Waals surface area contributed by atoms with Gasteiger partial charge in [-0.25, -0.2) is 4.68 Å². The number of hydrogen-bond donors (Lipinski definition) is 2. The van der Waals surface area contributed by atoms with E-state index in [1.54, 1.807) is 31.3 Å². The standard InChI is InChI=1S/C14H15ClN4O2/c1-9-6-14(21)19(17-8-9)5-4-13(20)18-12-7-10(15)2-3-11(12)16/h2-3,6-8H,4-5,16H2,1H3,(H,18,20). The van der Waals surface area contributed by atoms with Crippen LogP contribution >= 0.6 is 11.6 Å². The van der Waals surface area contributed by atoms with Crippen LogP contribution in [0.1, 0.15) is 12.0 Å². The maximum Gasteiger partial charge on any atom is 0.266 e. The summed E-state index contributed by atoms with van der Waals surface area (Å²) in [6.07, 6.45) is 1.69. The van der Waals surface area contributed by atoms with E-state index in [2.05, 4.69) is 10.4 Å². The molecule has 0 aliphatic heterocycles. The molecule has 1 amide bonds. The molecule has 0 saturated heterocycles. The van der Waals surface area contributed by atoms with Crippen LogP contribution in [-0.2, 0) is 11.3 Å². The van der Waals surface area contributed by atoms with E-state index in [1.807, 2.05) is 0 Å². The van der Waals surface area contributed by atoms with Crippen molar-refractivity contribution >= 4 is 28.9 Å². The number of halogens is 1. The maximum absolute atomic E-state index is 11.9. The molecule has 0 spiro atoms. The number of benzene rings is 1. The Labute approximate surface area is 126 Å². The van der Waals surface area contributed by atoms with Gasteiger partial charge in [-0.15, -0.1) is 0 Å². The topological polar surface area (TPSA) is 90.0 Å². The Kier molecular flexibility index (Phi) is 4.59. The van der Waals surface area contributed by atoms with Crippen LogP contribution in [0.25, 0.3) is 0 Å². The molecule has 0 aliphatic carbocycles. The fourth-order valence-corrected chi connectivity index (χ4v) is 1.92.